The molecule has 0 aliphatic heterocycles. The molecule has 134 valence electrons. The third-order valence-electron chi connectivity index (χ3n) is 4.27. The lowest BCUT2D eigenvalue weighted by molar-refractivity contribution is 0.656. The van der Waals surface area contributed by atoms with E-state index in [4.69, 9.17) is 19.5 Å². The summed E-state index contributed by atoms with van der Waals surface area (Å²) in [6.07, 6.45) is 0. The van der Waals surface area contributed by atoms with E-state index >= 15 is 0 Å². The van der Waals surface area contributed by atoms with Crippen LogP contribution in [-0.2, 0) is 0 Å². The molecule has 2 aromatic heterocycles. The minimum absolute atomic E-state index is 0.000713. The summed E-state index contributed by atoms with van der Waals surface area (Å²) in [7, 11) is 0. The molecule has 0 atom stereocenters. The van der Waals surface area contributed by atoms with E-state index in [1.807, 2.05) is 0 Å². The van der Waals surface area contributed by atoms with Gasteiger partial charge in [-0.2, -0.15) is 0 Å². The van der Waals surface area contributed by atoms with E-state index in [-0.39, 0.29) is 76.5 Å². The lowest BCUT2D eigenvalue weighted by Gasteiger charge is -2.02. The first-order valence-electron chi connectivity index (χ1n) is 13.7. The van der Waals surface area contributed by atoms with Gasteiger partial charge in [-0.3, -0.25) is 0 Å². The number of rotatable bonds is 0. The quantitative estimate of drug-likeness (QED) is 0.226. The van der Waals surface area contributed by atoms with Crippen LogP contribution < -0.4 is 0 Å². The fourth-order valence-electron chi connectivity index (χ4n) is 3.18. The number of hydrogen-bond acceptors (Lipinski definition) is 2. The van der Waals surface area contributed by atoms with Crippen LogP contribution in [0.4, 0.5) is 0 Å². The standard InChI is InChI=1S/C24H14BrNOS/c25-15-10-16-12-20(11-15)28-19-5-3-4-17(13-19)27-18-8-9-22-21-6-1-2-7-23(21)26(16)24(22)14-18/h1-14H/i1D,2D,3D,4D,5D,6D,7D,8D,9D,10D,11D. The zero-order chi connectivity index (χ0) is 28.2. The Bertz CT molecular complexity index is 2160. The van der Waals surface area contributed by atoms with Gasteiger partial charge in [0.2, 0.25) is 0 Å². The molecule has 4 aromatic carbocycles. The summed E-state index contributed by atoms with van der Waals surface area (Å²) in [5.41, 5.74) is -0.0266. The van der Waals surface area contributed by atoms with Crippen molar-refractivity contribution in [2.75, 3.05) is 0 Å². The van der Waals surface area contributed by atoms with Gasteiger partial charge >= 0.3 is 0 Å². The molecule has 0 saturated carbocycles. The van der Waals surface area contributed by atoms with Gasteiger partial charge in [-0.25, -0.2) is 0 Å². The monoisotopic (exact) mass is 454 g/mol. The minimum Gasteiger partial charge on any atom is -0.457 e. The van der Waals surface area contributed by atoms with Crippen LogP contribution in [0.1, 0.15) is 15.1 Å². The molecule has 0 saturated heterocycles. The van der Waals surface area contributed by atoms with E-state index in [9.17, 15) is 0 Å². The molecule has 0 N–H and O–H groups in total. The maximum Gasteiger partial charge on any atom is 0.129 e. The van der Waals surface area contributed by atoms with Crippen molar-refractivity contribution in [1.29, 1.82) is 0 Å². The molecule has 2 heterocycles. The van der Waals surface area contributed by atoms with Crippen LogP contribution in [-0.4, -0.2) is 4.40 Å². The van der Waals surface area contributed by atoms with E-state index in [0.717, 1.165) is 11.3 Å². The summed E-state index contributed by atoms with van der Waals surface area (Å²) in [4.78, 5) is 0. The molecule has 6 bridgehead atoms. The summed E-state index contributed by atoms with van der Waals surface area (Å²) in [6.45, 7) is 0. The number of benzene rings is 4. The van der Waals surface area contributed by atoms with Gasteiger partial charge in [-0.1, -0.05) is 40.1 Å². The fourth-order valence-corrected chi connectivity index (χ4v) is 4.56. The molecular formula is C24H14BrNOS. The fraction of sp³-hybridized carbons (Fsp3) is 0. The van der Waals surface area contributed by atoms with Crippen molar-refractivity contribution in [2.45, 2.75) is 0 Å². The predicted octanol–water partition coefficient (Wildman–Crippen LogP) is 8.09. The van der Waals surface area contributed by atoms with E-state index < -0.39 is 42.3 Å². The topological polar surface area (TPSA) is 17.6 Å². The largest absolute Gasteiger partial charge is 0.457 e. The Kier molecular flexibility index (Phi) is 1.89. The third-order valence-corrected chi connectivity index (χ3v) is 5.55. The molecule has 6 rings (SSSR count). The van der Waals surface area contributed by atoms with Crippen LogP contribution in [0.2, 0.25) is 0 Å². The van der Waals surface area contributed by atoms with Crippen molar-refractivity contribution >= 4 is 75.2 Å². The van der Waals surface area contributed by atoms with Crippen LogP contribution in [0.25, 0.3) is 47.9 Å². The van der Waals surface area contributed by atoms with Gasteiger partial charge in [0.05, 0.1) is 26.1 Å². The third kappa shape index (κ3) is 2.53. The molecule has 4 heteroatoms. The maximum atomic E-state index is 8.83. The molecular weight excluding hydrogens is 430 g/mol. The predicted molar refractivity (Wildman–Crippen MR) is 123 cm³/mol. The van der Waals surface area contributed by atoms with E-state index in [0.29, 0.717) is 0 Å². The van der Waals surface area contributed by atoms with E-state index in [1.165, 1.54) is 22.6 Å². The highest BCUT2D eigenvalue weighted by molar-refractivity contribution is 9.10. The SMILES string of the molecule is [2H]c1c([2H])c2cc(sc3cc(c([2H])c(Br)c3[2H])n3c4cc(o2)c([2H])c([2H])c4c2c([2H])c([2H])c([2H])c([2H])c23)c1[2H]. The first kappa shape index (κ1) is 8.68. The van der Waals surface area contributed by atoms with Gasteiger partial charge in [-0.05, 0) is 54.4 Å². The van der Waals surface area contributed by atoms with Crippen molar-refractivity contribution in [2.24, 2.45) is 0 Å². The van der Waals surface area contributed by atoms with E-state index in [1.54, 1.807) is 0 Å². The second-order valence-corrected chi connectivity index (χ2v) is 7.86. The zero-order valence-electron chi connectivity index (χ0n) is 24.9. The Morgan fingerprint density at radius 3 is 2.61 bits per heavy atom. The lowest BCUT2D eigenvalue weighted by Crippen LogP contribution is -1.84. The number of fused-ring (bicyclic) bond motifs is 9. The number of aromatic nitrogens is 1. The van der Waals surface area contributed by atoms with Gasteiger partial charge in [-0.15, -0.1) is 11.3 Å². The van der Waals surface area contributed by atoms with Gasteiger partial charge < -0.3 is 8.82 Å². The number of nitrogens with zero attached hydrogens (tertiary/aromatic N) is 1. The molecule has 0 aliphatic carbocycles. The molecule has 2 nitrogen and oxygen atoms in total. The van der Waals surface area contributed by atoms with Crippen molar-refractivity contribution in [3.63, 3.8) is 0 Å². The number of halogens is 1. The van der Waals surface area contributed by atoms with Gasteiger partial charge in [0.1, 0.15) is 11.2 Å². The molecule has 0 amide bonds. The van der Waals surface area contributed by atoms with Crippen LogP contribution in [0.3, 0.4) is 0 Å². The summed E-state index contributed by atoms with van der Waals surface area (Å²) in [5.74, 6) is 0. The Balaban J connectivity index is 2.12. The lowest BCUT2D eigenvalue weighted by atomic mass is 10.1. The summed E-state index contributed by atoms with van der Waals surface area (Å²) in [6, 6.07) is 0.244. The Hall–Kier alpha value is -2.82. The molecule has 0 radical (unpaired) electrons. The average Bonchev–Trinajstić information content (AvgIpc) is 3.24. The molecule has 28 heavy (non-hydrogen) atoms. The van der Waals surface area contributed by atoms with E-state index in [2.05, 4.69) is 15.9 Å². The first-order valence-corrected chi connectivity index (χ1v) is 9.77. The van der Waals surface area contributed by atoms with Gasteiger partial charge in [0.25, 0.3) is 0 Å². The Labute approximate surface area is 188 Å². The van der Waals surface area contributed by atoms with Crippen molar-refractivity contribution < 1.29 is 19.5 Å². The van der Waals surface area contributed by atoms with Crippen molar-refractivity contribution in [3.8, 4) is 0 Å². The molecule has 6 aromatic rings. The molecule has 0 fully saturated rings. The highest BCUT2D eigenvalue weighted by Crippen LogP contribution is 2.32. The summed E-state index contributed by atoms with van der Waals surface area (Å²) < 4.78 is 102. The maximum absolute atomic E-state index is 8.83. The van der Waals surface area contributed by atoms with Gasteiger partial charge in [0.15, 0.2) is 0 Å². The number of para-hydroxylation sites is 1. The minimum atomic E-state index is -0.514. The normalized spacial score (nSPS) is 17.2. The number of hydrogen-bond donors (Lipinski definition) is 0. The second kappa shape index (κ2) is 6.09. The Morgan fingerprint density at radius 1 is 0.786 bits per heavy atom. The molecule has 0 unspecified atom stereocenters. The van der Waals surface area contributed by atoms with Crippen molar-refractivity contribution in [1.82, 2.24) is 4.40 Å². The highest BCUT2D eigenvalue weighted by atomic mass is 79.9. The van der Waals surface area contributed by atoms with Crippen LogP contribution in [0.15, 0.2) is 93.6 Å². The average molecular weight is 455 g/mol. The second-order valence-electron chi connectivity index (χ2n) is 5.99. The summed E-state index contributed by atoms with van der Waals surface area (Å²) >= 11 is 4.25. The van der Waals surface area contributed by atoms with Crippen LogP contribution in [0.5, 0.6) is 0 Å². The molecule has 0 spiro atoms. The van der Waals surface area contributed by atoms with Crippen molar-refractivity contribution in [3.05, 3.63) is 89.1 Å². The molecule has 0 aliphatic rings. The highest BCUT2D eigenvalue weighted by Gasteiger charge is 2.09. The van der Waals surface area contributed by atoms with Crippen LogP contribution in [0, 0.1) is 0 Å². The zero-order valence-corrected chi connectivity index (χ0v) is 16.3. The first-order chi connectivity index (χ1) is 18.3. The summed E-state index contributed by atoms with van der Waals surface area (Å²) in [5, 5.41) is 0.0554. The van der Waals surface area contributed by atoms with Crippen LogP contribution >= 0.6 is 27.3 Å². The van der Waals surface area contributed by atoms with Gasteiger partial charge in [0, 0.05) is 36.2 Å². The Morgan fingerprint density at radius 2 is 1.64 bits per heavy atom. The smallest absolute Gasteiger partial charge is 0.129 e.